The average molecular weight is 334 g/mol. The maximum absolute atomic E-state index is 12.1. The fraction of sp³-hybridized carbons (Fsp3) is 0.188. The summed E-state index contributed by atoms with van der Waals surface area (Å²) in [5.74, 6) is 0.730. The topological polar surface area (TPSA) is 38.3 Å². The van der Waals surface area contributed by atoms with Crippen LogP contribution in [-0.4, -0.2) is 13.0 Å². The number of halogens is 1. The number of methoxy groups -OCH3 is 1. The summed E-state index contributed by atoms with van der Waals surface area (Å²) in [5, 5.41) is 2.91. The molecule has 3 nitrogen and oxygen atoms in total. The van der Waals surface area contributed by atoms with E-state index in [1.54, 1.807) is 7.11 Å². The number of benzene rings is 2. The number of hydrogen-bond acceptors (Lipinski definition) is 2. The van der Waals surface area contributed by atoms with Crippen LogP contribution < -0.4 is 10.1 Å². The van der Waals surface area contributed by atoms with E-state index in [1.165, 1.54) is 0 Å². The second-order valence-corrected chi connectivity index (χ2v) is 5.46. The second-order valence-electron chi connectivity index (χ2n) is 4.55. The van der Waals surface area contributed by atoms with Gasteiger partial charge in [-0.3, -0.25) is 4.79 Å². The minimum absolute atomic E-state index is 0.0785. The zero-order valence-electron chi connectivity index (χ0n) is 11.4. The predicted molar refractivity (Wildman–Crippen MR) is 83.0 cm³/mol. The molecule has 1 N–H and O–H groups in total. The van der Waals surface area contributed by atoms with Crippen LogP contribution in [0.2, 0.25) is 0 Å². The van der Waals surface area contributed by atoms with Gasteiger partial charge in [0.1, 0.15) is 5.75 Å². The maximum atomic E-state index is 12.1. The lowest BCUT2D eigenvalue weighted by Crippen LogP contribution is -2.22. The van der Waals surface area contributed by atoms with E-state index in [0.717, 1.165) is 21.3 Å². The fourth-order valence-corrected chi connectivity index (χ4v) is 2.50. The highest BCUT2D eigenvalue weighted by molar-refractivity contribution is 9.10. The monoisotopic (exact) mass is 333 g/mol. The van der Waals surface area contributed by atoms with Crippen molar-refractivity contribution in [3.8, 4) is 5.75 Å². The average Bonchev–Trinajstić information content (AvgIpc) is 2.44. The number of hydrogen-bond donors (Lipinski definition) is 1. The summed E-state index contributed by atoms with van der Waals surface area (Å²) in [6, 6.07) is 13.3. The van der Waals surface area contributed by atoms with E-state index in [-0.39, 0.29) is 5.91 Å². The Morgan fingerprint density at radius 3 is 2.50 bits per heavy atom. The summed E-state index contributed by atoms with van der Waals surface area (Å²) in [5.41, 5.74) is 2.74. The molecule has 104 valence electrons. The van der Waals surface area contributed by atoms with Crippen LogP contribution in [0.15, 0.2) is 46.9 Å². The molecule has 0 aliphatic carbocycles. The Morgan fingerprint density at radius 2 is 1.90 bits per heavy atom. The molecule has 0 aromatic heterocycles. The third kappa shape index (κ3) is 3.84. The van der Waals surface area contributed by atoms with Crippen molar-refractivity contribution in [1.82, 2.24) is 5.32 Å². The molecule has 20 heavy (non-hydrogen) atoms. The van der Waals surface area contributed by atoms with E-state index in [9.17, 15) is 4.79 Å². The van der Waals surface area contributed by atoms with Gasteiger partial charge in [0, 0.05) is 16.6 Å². The number of amides is 1. The van der Waals surface area contributed by atoms with Crippen LogP contribution in [0.1, 0.15) is 21.5 Å². The number of rotatable bonds is 4. The third-order valence-corrected chi connectivity index (χ3v) is 3.37. The molecule has 1 amide bonds. The summed E-state index contributed by atoms with van der Waals surface area (Å²) in [6.07, 6.45) is 0. The van der Waals surface area contributed by atoms with Gasteiger partial charge in [-0.15, -0.1) is 0 Å². The lowest BCUT2D eigenvalue weighted by molar-refractivity contribution is 0.0951. The maximum Gasteiger partial charge on any atom is 0.251 e. The standard InChI is InChI=1S/C16H16BrNO2/c1-11-7-13(9-14(17)8-11)16(19)18-10-12-3-5-15(20-2)6-4-12/h3-9H,10H2,1-2H3,(H,18,19). The van der Waals surface area contributed by atoms with Crippen molar-refractivity contribution < 1.29 is 9.53 Å². The zero-order chi connectivity index (χ0) is 14.5. The first-order valence-corrected chi connectivity index (χ1v) is 7.06. The molecule has 0 unspecified atom stereocenters. The summed E-state index contributed by atoms with van der Waals surface area (Å²) >= 11 is 3.40. The van der Waals surface area contributed by atoms with Gasteiger partial charge < -0.3 is 10.1 Å². The zero-order valence-corrected chi connectivity index (χ0v) is 13.0. The third-order valence-electron chi connectivity index (χ3n) is 2.92. The largest absolute Gasteiger partial charge is 0.497 e. The Bertz CT molecular complexity index is 588. The summed E-state index contributed by atoms with van der Waals surface area (Å²) < 4.78 is 6.01. The summed E-state index contributed by atoms with van der Waals surface area (Å²) in [4.78, 5) is 12.1. The molecule has 0 aliphatic rings. The summed E-state index contributed by atoms with van der Waals surface area (Å²) in [7, 11) is 1.63. The lowest BCUT2D eigenvalue weighted by atomic mass is 10.1. The molecular formula is C16H16BrNO2. The fourth-order valence-electron chi connectivity index (χ4n) is 1.90. The van der Waals surface area contributed by atoms with Crippen molar-refractivity contribution >= 4 is 21.8 Å². The van der Waals surface area contributed by atoms with Crippen LogP contribution in [0.25, 0.3) is 0 Å². The molecule has 0 radical (unpaired) electrons. The minimum Gasteiger partial charge on any atom is -0.497 e. The molecule has 0 heterocycles. The Morgan fingerprint density at radius 1 is 1.20 bits per heavy atom. The number of carbonyl (C=O) groups is 1. The Kier molecular flexibility index (Phi) is 4.79. The molecule has 2 aromatic rings. The molecular weight excluding hydrogens is 318 g/mol. The van der Waals surface area contributed by atoms with E-state index in [1.807, 2.05) is 49.4 Å². The van der Waals surface area contributed by atoms with E-state index >= 15 is 0 Å². The second kappa shape index (κ2) is 6.57. The first kappa shape index (κ1) is 14.6. The molecule has 2 aromatic carbocycles. The highest BCUT2D eigenvalue weighted by atomic mass is 79.9. The Hall–Kier alpha value is -1.81. The van der Waals surface area contributed by atoms with Crippen LogP contribution in [0.3, 0.4) is 0 Å². The number of ether oxygens (including phenoxy) is 1. The smallest absolute Gasteiger partial charge is 0.251 e. The summed E-state index contributed by atoms with van der Waals surface area (Å²) in [6.45, 7) is 2.46. The number of carbonyl (C=O) groups excluding carboxylic acids is 1. The first-order valence-electron chi connectivity index (χ1n) is 6.27. The van der Waals surface area contributed by atoms with Crippen molar-refractivity contribution in [3.63, 3.8) is 0 Å². The van der Waals surface area contributed by atoms with E-state index in [0.29, 0.717) is 12.1 Å². The molecule has 0 bridgehead atoms. The van der Waals surface area contributed by atoms with Crippen LogP contribution >= 0.6 is 15.9 Å². The van der Waals surface area contributed by atoms with E-state index in [4.69, 9.17) is 4.74 Å². The number of nitrogens with one attached hydrogen (secondary N) is 1. The Balaban J connectivity index is 2.00. The van der Waals surface area contributed by atoms with Gasteiger partial charge in [-0.05, 0) is 48.4 Å². The van der Waals surface area contributed by atoms with Crippen molar-refractivity contribution in [2.24, 2.45) is 0 Å². The van der Waals surface area contributed by atoms with Gasteiger partial charge in [-0.2, -0.15) is 0 Å². The molecule has 0 fully saturated rings. The van der Waals surface area contributed by atoms with E-state index in [2.05, 4.69) is 21.2 Å². The van der Waals surface area contributed by atoms with Crippen molar-refractivity contribution in [2.75, 3.05) is 7.11 Å². The van der Waals surface area contributed by atoms with Crippen molar-refractivity contribution in [2.45, 2.75) is 13.5 Å². The predicted octanol–water partition coefficient (Wildman–Crippen LogP) is 3.70. The molecule has 0 saturated carbocycles. The molecule has 0 atom stereocenters. The quantitative estimate of drug-likeness (QED) is 0.926. The molecule has 0 aliphatic heterocycles. The SMILES string of the molecule is COc1ccc(CNC(=O)c2cc(C)cc(Br)c2)cc1. The molecule has 0 spiro atoms. The first-order chi connectivity index (χ1) is 9.58. The Labute approximate surface area is 127 Å². The van der Waals surface area contributed by atoms with Crippen LogP contribution in [0.4, 0.5) is 0 Å². The van der Waals surface area contributed by atoms with Gasteiger partial charge in [0.15, 0.2) is 0 Å². The van der Waals surface area contributed by atoms with Crippen LogP contribution in [-0.2, 0) is 6.54 Å². The molecule has 0 saturated heterocycles. The van der Waals surface area contributed by atoms with E-state index < -0.39 is 0 Å². The van der Waals surface area contributed by atoms with Gasteiger partial charge >= 0.3 is 0 Å². The van der Waals surface area contributed by atoms with Gasteiger partial charge in [-0.1, -0.05) is 28.1 Å². The van der Waals surface area contributed by atoms with Crippen molar-refractivity contribution in [3.05, 3.63) is 63.6 Å². The lowest BCUT2D eigenvalue weighted by Gasteiger charge is -2.07. The minimum atomic E-state index is -0.0785. The number of aryl methyl sites for hydroxylation is 1. The van der Waals surface area contributed by atoms with Crippen LogP contribution in [0, 0.1) is 6.92 Å². The molecule has 4 heteroatoms. The highest BCUT2D eigenvalue weighted by Crippen LogP contribution is 2.15. The van der Waals surface area contributed by atoms with Crippen LogP contribution in [0.5, 0.6) is 5.75 Å². The normalized spacial score (nSPS) is 10.2. The highest BCUT2D eigenvalue weighted by Gasteiger charge is 2.06. The van der Waals surface area contributed by atoms with Gasteiger partial charge in [0.05, 0.1) is 7.11 Å². The van der Waals surface area contributed by atoms with Crippen molar-refractivity contribution in [1.29, 1.82) is 0 Å². The van der Waals surface area contributed by atoms with Gasteiger partial charge in [0.2, 0.25) is 0 Å². The van der Waals surface area contributed by atoms with Gasteiger partial charge in [-0.25, -0.2) is 0 Å². The van der Waals surface area contributed by atoms with Gasteiger partial charge in [0.25, 0.3) is 5.91 Å². The molecule has 2 rings (SSSR count).